The van der Waals surface area contributed by atoms with Crippen molar-refractivity contribution in [3.05, 3.63) is 42.1 Å². The minimum absolute atomic E-state index is 0.0267. The van der Waals surface area contributed by atoms with Crippen LogP contribution in [0.4, 0.5) is 10.6 Å². The van der Waals surface area contributed by atoms with E-state index in [1.54, 1.807) is 43.6 Å². The van der Waals surface area contributed by atoms with Crippen molar-refractivity contribution in [2.24, 2.45) is 4.99 Å². The van der Waals surface area contributed by atoms with Gasteiger partial charge in [-0.1, -0.05) is 30.3 Å². The molecule has 2 aliphatic rings. The highest BCUT2D eigenvalue weighted by atomic mass is 16.6. The summed E-state index contributed by atoms with van der Waals surface area (Å²) in [6.07, 6.45) is -0.481. The predicted molar refractivity (Wildman–Crippen MR) is 164 cm³/mol. The predicted octanol–water partition coefficient (Wildman–Crippen LogP) is 2.90. The lowest BCUT2D eigenvalue weighted by atomic mass is 10.1. The molecular formula is C31H41N7O6. The number of carbonyl (C=O) groups is 4. The molecule has 1 aromatic heterocycles. The summed E-state index contributed by atoms with van der Waals surface area (Å²) in [5.74, 6) is 0.254. The van der Waals surface area contributed by atoms with E-state index < -0.39 is 29.6 Å². The van der Waals surface area contributed by atoms with Crippen molar-refractivity contribution in [1.82, 2.24) is 25.1 Å². The summed E-state index contributed by atoms with van der Waals surface area (Å²) in [5, 5.41) is 2.83. The minimum Gasteiger partial charge on any atom is -0.460 e. The quantitative estimate of drug-likeness (QED) is 0.425. The number of benzene rings is 1. The van der Waals surface area contributed by atoms with E-state index in [1.165, 1.54) is 0 Å². The van der Waals surface area contributed by atoms with E-state index in [9.17, 15) is 19.2 Å². The summed E-state index contributed by atoms with van der Waals surface area (Å²) in [4.78, 5) is 70.9. The molecule has 1 aromatic carbocycles. The van der Waals surface area contributed by atoms with Gasteiger partial charge in [-0.2, -0.15) is 0 Å². The highest BCUT2D eigenvalue weighted by molar-refractivity contribution is 6.00. The fourth-order valence-electron chi connectivity index (χ4n) is 4.93. The van der Waals surface area contributed by atoms with E-state index in [0.717, 1.165) is 11.4 Å². The Bertz CT molecular complexity index is 1380. The molecule has 0 bridgehead atoms. The molecule has 3 amide bonds. The Hall–Kier alpha value is -4.55. The number of esters is 1. The van der Waals surface area contributed by atoms with Gasteiger partial charge < -0.3 is 29.5 Å². The van der Waals surface area contributed by atoms with Gasteiger partial charge >= 0.3 is 12.1 Å². The van der Waals surface area contributed by atoms with Gasteiger partial charge in [0.1, 0.15) is 29.0 Å². The van der Waals surface area contributed by atoms with Crippen LogP contribution in [0, 0.1) is 0 Å². The van der Waals surface area contributed by atoms with Crippen molar-refractivity contribution < 1.29 is 28.7 Å². The van der Waals surface area contributed by atoms with Crippen LogP contribution in [0.15, 0.2) is 41.4 Å². The van der Waals surface area contributed by atoms with Crippen molar-refractivity contribution in [1.29, 1.82) is 0 Å². The van der Waals surface area contributed by atoms with Gasteiger partial charge in [0.15, 0.2) is 5.82 Å². The molecule has 3 heterocycles. The van der Waals surface area contributed by atoms with Crippen molar-refractivity contribution >= 4 is 35.5 Å². The Morgan fingerprint density at radius 3 is 2.27 bits per heavy atom. The zero-order chi connectivity index (χ0) is 31.9. The van der Waals surface area contributed by atoms with Crippen molar-refractivity contribution in [3.63, 3.8) is 0 Å². The second-order valence-electron chi connectivity index (χ2n) is 11.5. The number of piperazine rings is 1. The summed E-state index contributed by atoms with van der Waals surface area (Å²) in [7, 11) is 0. The van der Waals surface area contributed by atoms with Gasteiger partial charge in [-0.25, -0.2) is 14.8 Å². The number of aromatic nitrogens is 2. The van der Waals surface area contributed by atoms with Gasteiger partial charge in [-0.15, -0.1) is 0 Å². The van der Waals surface area contributed by atoms with Crippen LogP contribution in [0.5, 0.6) is 0 Å². The van der Waals surface area contributed by atoms with Crippen LogP contribution in [0.25, 0.3) is 11.4 Å². The van der Waals surface area contributed by atoms with Crippen molar-refractivity contribution in [2.45, 2.75) is 59.1 Å². The maximum atomic E-state index is 13.8. The second-order valence-corrected chi connectivity index (χ2v) is 11.5. The third-order valence-corrected chi connectivity index (χ3v) is 7.09. The monoisotopic (exact) mass is 607 g/mol. The maximum absolute atomic E-state index is 13.8. The Morgan fingerprint density at radius 2 is 1.66 bits per heavy atom. The standard InChI is InChI=1S/C31H41N7O6/c1-6-43-30(42)37-18-16-36(17-19-37)29(41)23(12-13-26(39)44-31(3,4)5)34-28(40)24-20-25(38-15-14-32-21(38)2)35-27(33-24)22-10-8-7-9-11-22/h7-11,20,23H,6,12-19H2,1-5H3,(H,34,40). The number of carbonyl (C=O) groups excluding carboxylic acids is 4. The normalized spacial score (nSPS) is 15.8. The van der Waals surface area contributed by atoms with E-state index in [0.29, 0.717) is 37.8 Å². The number of ether oxygens (including phenoxy) is 2. The number of amidine groups is 1. The lowest BCUT2D eigenvalue weighted by molar-refractivity contribution is -0.155. The van der Waals surface area contributed by atoms with Gasteiger partial charge in [0.05, 0.1) is 13.2 Å². The molecule has 2 aromatic rings. The largest absolute Gasteiger partial charge is 0.460 e. The highest BCUT2D eigenvalue weighted by Crippen LogP contribution is 2.22. The molecule has 44 heavy (non-hydrogen) atoms. The fraction of sp³-hybridized carbons (Fsp3) is 0.516. The molecule has 1 fully saturated rings. The Kier molecular flexibility index (Phi) is 10.5. The Morgan fingerprint density at radius 1 is 0.977 bits per heavy atom. The molecule has 4 rings (SSSR count). The average molecular weight is 608 g/mol. The molecule has 1 atom stereocenters. The number of amides is 3. The first-order chi connectivity index (χ1) is 20.9. The maximum Gasteiger partial charge on any atom is 0.409 e. The molecule has 0 spiro atoms. The summed E-state index contributed by atoms with van der Waals surface area (Å²) < 4.78 is 10.5. The molecule has 1 saturated heterocycles. The highest BCUT2D eigenvalue weighted by Gasteiger charge is 2.32. The number of hydrogen-bond donors (Lipinski definition) is 1. The van der Waals surface area contributed by atoms with E-state index in [2.05, 4.69) is 15.3 Å². The minimum atomic E-state index is -1.03. The van der Waals surface area contributed by atoms with Crippen molar-refractivity contribution in [2.75, 3.05) is 50.8 Å². The molecule has 13 heteroatoms. The molecule has 0 aliphatic carbocycles. The lowest BCUT2D eigenvalue weighted by Crippen LogP contribution is -2.56. The first-order valence-electron chi connectivity index (χ1n) is 14.9. The molecule has 1 unspecified atom stereocenters. The van der Waals surface area contributed by atoms with Crippen LogP contribution in [-0.2, 0) is 19.1 Å². The van der Waals surface area contributed by atoms with Crippen LogP contribution in [0.2, 0.25) is 0 Å². The van der Waals surface area contributed by atoms with E-state index in [1.807, 2.05) is 42.2 Å². The molecule has 236 valence electrons. The molecule has 0 radical (unpaired) electrons. The molecule has 0 saturated carbocycles. The Balaban J connectivity index is 1.57. The van der Waals surface area contributed by atoms with Gasteiger partial charge in [0.2, 0.25) is 5.91 Å². The average Bonchev–Trinajstić information content (AvgIpc) is 3.44. The van der Waals surface area contributed by atoms with E-state index in [4.69, 9.17) is 14.5 Å². The fourth-order valence-corrected chi connectivity index (χ4v) is 4.93. The number of nitrogens with one attached hydrogen (secondary N) is 1. The molecule has 1 N–H and O–H groups in total. The molecular weight excluding hydrogens is 566 g/mol. The number of nitrogens with zero attached hydrogens (tertiary/aromatic N) is 6. The second kappa shape index (κ2) is 14.3. The zero-order valence-corrected chi connectivity index (χ0v) is 26.0. The number of aliphatic imine (C=N–C) groups is 1. The number of hydrogen-bond acceptors (Lipinski definition) is 10. The first-order valence-corrected chi connectivity index (χ1v) is 14.9. The third kappa shape index (κ3) is 8.51. The summed E-state index contributed by atoms with van der Waals surface area (Å²) >= 11 is 0. The number of rotatable bonds is 9. The van der Waals surface area contributed by atoms with Crippen LogP contribution < -0.4 is 10.2 Å². The lowest BCUT2D eigenvalue weighted by Gasteiger charge is -2.36. The Labute approximate surface area is 257 Å². The summed E-state index contributed by atoms with van der Waals surface area (Å²) in [5.41, 5.74) is 0.121. The number of anilines is 1. The van der Waals surface area contributed by atoms with Crippen LogP contribution in [-0.4, -0.2) is 107 Å². The van der Waals surface area contributed by atoms with Crippen molar-refractivity contribution in [3.8, 4) is 11.4 Å². The molecule has 2 aliphatic heterocycles. The summed E-state index contributed by atoms with van der Waals surface area (Å²) in [6, 6.07) is 9.87. The van der Waals surface area contributed by atoms with Gasteiger partial charge in [0.25, 0.3) is 5.91 Å². The SMILES string of the molecule is CCOC(=O)N1CCN(C(=O)C(CCC(=O)OC(C)(C)C)NC(=O)c2cc(N3CCN=C3C)nc(-c3ccccc3)n2)CC1. The van der Waals surface area contributed by atoms with Crippen LogP contribution in [0.3, 0.4) is 0 Å². The van der Waals surface area contributed by atoms with E-state index in [-0.39, 0.29) is 44.1 Å². The van der Waals surface area contributed by atoms with Gasteiger partial charge in [-0.3, -0.25) is 19.4 Å². The first kappa shape index (κ1) is 32.4. The smallest absolute Gasteiger partial charge is 0.409 e. The van der Waals surface area contributed by atoms with Gasteiger partial charge in [-0.05, 0) is 41.0 Å². The van der Waals surface area contributed by atoms with Crippen LogP contribution in [0.1, 0.15) is 57.9 Å². The van der Waals surface area contributed by atoms with Gasteiger partial charge in [0, 0.05) is 50.8 Å². The summed E-state index contributed by atoms with van der Waals surface area (Å²) in [6.45, 7) is 11.5. The van der Waals surface area contributed by atoms with Crippen LogP contribution >= 0.6 is 0 Å². The van der Waals surface area contributed by atoms with E-state index >= 15 is 0 Å². The molecule has 13 nitrogen and oxygen atoms in total. The third-order valence-electron chi connectivity index (χ3n) is 7.09. The topological polar surface area (TPSA) is 147 Å². The zero-order valence-electron chi connectivity index (χ0n) is 26.0.